The molecule has 0 saturated carbocycles. The summed E-state index contributed by atoms with van der Waals surface area (Å²) in [6.07, 6.45) is 25.2. The van der Waals surface area contributed by atoms with Gasteiger partial charge in [0.05, 0.1) is 12.6 Å². The quantitative estimate of drug-likeness (QED) is 0.259. The highest BCUT2D eigenvalue weighted by Crippen LogP contribution is 2.12. The summed E-state index contributed by atoms with van der Waals surface area (Å²) in [6.45, 7) is 7.93. The highest BCUT2D eigenvalue weighted by molar-refractivity contribution is 4.66. The molecule has 0 fully saturated rings. The van der Waals surface area contributed by atoms with Crippen LogP contribution in [0.25, 0.3) is 0 Å². The van der Waals surface area contributed by atoms with Gasteiger partial charge >= 0.3 is 0 Å². The number of aromatic nitrogens is 2. The van der Waals surface area contributed by atoms with Gasteiger partial charge in [-0.15, -0.1) is 0 Å². The topological polar surface area (TPSA) is 8.81 Å². The third-order valence-electron chi connectivity index (χ3n) is 4.83. The van der Waals surface area contributed by atoms with Gasteiger partial charge < -0.3 is 0 Å². The lowest BCUT2D eigenvalue weighted by Gasteiger charge is -2.02. The molecule has 2 nitrogen and oxygen atoms in total. The van der Waals surface area contributed by atoms with Gasteiger partial charge in [0.2, 0.25) is 6.33 Å². The van der Waals surface area contributed by atoms with Gasteiger partial charge in [-0.25, -0.2) is 9.13 Å². The molecule has 0 aliphatic heterocycles. The van der Waals surface area contributed by atoms with Crippen molar-refractivity contribution in [1.82, 2.24) is 4.57 Å². The predicted octanol–water partition coefficient (Wildman–Crippen LogP) is 6.45. The highest BCUT2D eigenvalue weighted by atomic mass is 15.1. The summed E-state index contributed by atoms with van der Waals surface area (Å²) in [4.78, 5) is 0. The number of rotatable bonds is 15. The van der Waals surface area contributed by atoms with Gasteiger partial charge in [0.1, 0.15) is 12.4 Å². The highest BCUT2D eigenvalue weighted by Gasteiger charge is 2.05. The van der Waals surface area contributed by atoms with Crippen molar-refractivity contribution < 1.29 is 4.57 Å². The van der Waals surface area contributed by atoms with Gasteiger partial charge in [-0.2, -0.15) is 0 Å². The summed E-state index contributed by atoms with van der Waals surface area (Å²) in [7, 11) is 0. The largest absolute Gasteiger partial charge is 0.243 e. The summed E-state index contributed by atoms with van der Waals surface area (Å²) in [6, 6.07) is 0.572. The van der Waals surface area contributed by atoms with E-state index in [4.69, 9.17) is 0 Å². The Morgan fingerprint density at radius 3 is 1.65 bits per heavy atom. The predicted molar refractivity (Wildman–Crippen MR) is 101 cm³/mol. The first-order chi connectivity index (χ1) is 11.2. The minimum Gasteiger partial charge on any atom is -0.237 e. The fourth-order valence-electron chi connectivity index (χ4n) is 3.16. The lowest BCUT2D eigenvalue weighted by molar-refractivity contribution is -0.715. The van der Waals surface area contributed by atoms with Gasteiger partial charge in [-0.3, -0.25) is 0 Å². The Balaban J connectivity index is 1.82. The Kier molecular flexibility index (Phi) is 12.0. The second-order valence-corrected chi connectivity index (χ2v) is 7.44. The third-order valence-corrected chi connectivity index (χ3v) is 4.83. The van der Waals surface area contributed by atoms with E-state index in [1.807, 2.05) is 0 Å². The number of imidazole rings is 1. The molecule has 0 aromatic carbocycles. The first kappa shape index (κ1) is 20.3. The zero-order valence-corrected chi connectivity index (χ0v) is 16.1. The maximum absolute atomic E-state index is 2.33. The van der Waals surface area contributed by atoms with Crippen molar-refractivity contribution in [2.75, 3.05) is 0 Å². The summed E-state index contributed by atoms with van der Waals surface area (Å²) < 4.78 is 4.61. The smallest absolute Gasteiger partial charge is 0.237 e. The van der Waals surface area contributed by atoms with Crippen molar-refractivity contribution in [3.63, 3.8) is 0 Å². The van der Waals surface area contributed by atoms with Crippen molar-refractivity contribution in [1.29, 1.82) is 0 Å². The second kappa shape index (κ2) is 13.6. The fourth-order valence-corrected chi connectivity index (χ4v) is 3.16. The van der Waals surface area contributed by atoms with Crippen LogP contribution in [0.1, 0.15) is 110 Å². The zero-order valence-electron chi connectivity index (χ0n) is 16.1. The first-order valence-corrected chi connectivity index (χ1v) is 10.3. The molecule has 0 bridgehead atoms. The van der Waals surface area contributed by atoms with Gasteiger partial charge in [-0.1, -0.05) is 77.6 Å². The van der Waals surface area contributed by atoms with Crippen LogP contribution >= 0.6 is 0 Å². The molecule has 1 heterocycles. The van der Waals surface area contributed by atoms with Gasteiger partial charge in [0.15, 0.2) is 0 Å². The van der Waals surface area contributed by atoms with E-state index in [0.717, 1.165) is 0 Å². The van der Waals surface area contributed by atoms with E-state index < -0.39 is 0 Å². The second-order valence-electron chi connectivity index (χ2n) is 7.44. The summed E-state index contributed by atoms with van der Waals surface area (Å²) >= 11 is 0. The van der Waals surface area contributed by atoms with E-state index in [0.29, 0.717) is 6.04 Å². The maximum atomic E-state index is 2.33. The first-order valence-electron chi connectivity index (χ1n) is 10.3. The van der Waals surface area contributed by atoms with E-state index in [9.17, 15) is 0 Å². The Morgan fingerprint density at radius 1 is 0.739 bits per heavy atom. The lowest BCUT2D eigenvalue weighted by atomic mass is 10.0. The summed E-state index contributed by atoms with van der Waals surface area (Å²) in [5.41, 5.74) is 0. The molecule has 1 aromatic heterocycles. The zero-order chi connectivity index (χ0) is 16.8. The van der Waals surface area contributed by atoms with E-state index >= 15 is 0 Å². The van der Waals surface area contributed by atoms with Gasteiger partial charge in [-0.05, 0) is 26.7 Å². The minimum absolute atomic E-state index is 0.572. The normalized spacial score (nSPS) is 11.5. The average Bonchev–Trinajstić information content (AvgIpc) is 3.01. The Labute approximate surface area is 145 Å². The molecule has 0 N–H and O–H groups in total. The average molecular weight is 322 g/mol. The standard InChI is InChI=1S/C21H41N2/c1-4-5-6-7-8-9-10-11-12-13-14-15-16-17-22-18-19-23(20-22)21(2)3/h18-21H,4-17H2,1-3H3/q+1. The Bertz CT molecular complexity index is 368. The number of hydrogen-bond acceptors (Lipinski definition) is 0. The molecule has 1 rings (SSSR count). The molecule has 2 heteroatoms. The van der Waals surface area contributed by atoms with Gasteiger partial charge in [0.25, 0.3) is 0 Å². The number of unbranched alkanes of at least 4 members (excludes halogenated alkanes) is 12. The van der Waals surface area contributed by atoms with E-state index in [-0.39, 0.29) is 0 Å². The van der Waals surface area contributed by atoms with Crippen molar-refractivity contribution >= 4 is 0 Å². The minimum atomic E-state index is 0.572. The third kappa shape index (κ3) is 10.6. The monoisotopic (exact) mass is 321 g/mol. The molecular formula is C21H41N2+. The molecule has 23 heavy (non-hydrogen) atoms. The molecule has 0 saturated heterocycles. The molecule has 0 radical (unpaired) electrons. The van der Waals surface area contributed by atoms with Crippen LogP contribution in [0, 0.1) is 0 Å². The fraction of sp³-hybridized carbons (Fsp3) is 0.857. The van der Waals surface area contributed by atoms with Crippen LogP contribution in [0.3, 0.4) is 0 Å². The van der Waals surface area contributed by atoms with Gasteiger partial charge in [0, 0.05) is 0 Å². The van der Waals surface area contributed by atoms with Crippen LogP contribution in [0.5, 0.6) is 0 Å². The van der Waals surface area contributed by atoms with Crippen LogP contribution < -0.4 is 4.57 Å². The van der Waals surface area contributed by atoms with E-state index in [1.54, 1.807) is 0 Å². The van der Waals surface area contributed by atoms with Crippen molar-refractivity contribution in [3.05, 3.63) is 18.7 Å². The molecule has 1 aromatic rings. The summed E-state index contributed by atoms with van der Waals surface area (Å²) in [5, 5.41) is 0. The summed E-state index contributed by atoms with van der Waals surface area (Å²) in [5.74, 6) is 0. The Morgan fingerprint density at radius 2 is 1.22 bits per heavy atom. The SMILES string of the molecule is CCCCCCCCCCCCCCCn1cc[n+](C(C)C)c1. The van der Waals surface area contributed by atoms with Crippen LogP contribution in [-0.2, 0) is 6.54 Å². The Hall–Kier alpha value is -0.790. The molecule has 0 atom stereocenters. The van der Waals surface area contributed by atoms with Crippen molar-refractivity contribution in [2.45, 2.75) is 117 Å². The van der Waals surface area contributed by atoms with E-state index in [1.165, 1.54) is 90.0 Å². The number of aryl methyl sites for hydroxylation is 1. The van der Waals surface area contributed by atoms with Crippen LogP contribution in [-0.4, -0.2) is 4.57 Å². The molecule has 0 spiro atoms. The van der Waals surface area contributed by atoms with Crippen LogP contribution in [0.4, 0.5) is 0 Å². The van der Waals surface area contributed by atoms with Crippen molar-refractivity contribution in [2.24, 2.45) is 0 Å². The molecular weight excluding hydrogens is 280 g/mol. The number of nitrogens with zero attached hydrogens (tertiary/aromatic N) is 2. The van der Waals surface area contributed by atoms with E-state index in [2.05, 4.69) is 48.6 Å². The van der Waals surface area contributed by atoms with Crippen LogP contribution in [0.2, 0.25) is 0 Å². The van der Waals surface area contributed by atoms with Crippen molar-refractivity contribution in [3.8, 4) is 0 Å². The molecule has 0 amide bonds. The molecule has 0 aliphatic carbocycles. The number of hydrogen-bond donors (Lipinski definition) is 0. The molecule has 134 valence electrons. The van der Waals surface area contributed by atoms with Crippen LogP contribution in [0.15, 0.2) is 18.7 Å². The molecule has 0 aliphatic rings. The molecule has 0 unspecified atom stereocenters. The lowest BCUT2D eigenvalue weighted by Crippen LogP contribution is -2.33. The maximum Gasteiger partial charge on any atom is 0.243 e.